The molecule has 1 atom stereocenters. The van der Waals surface area contributed by atoms with Crippen LogP contribution in [0.2, 0.25) is 0 Å². The van der Waals surface area contributed by atoms with Crippen LogP contribution >= 0.6 is 27.3 Å². The van der Waals surface area contributed by atoms with Crippen molar-refractivity contribution in [3.8, 4) is 0 Å². The number of hydrogen-bond donors (Lipinski definition) is 2. The number of nitrogens with two attached hydrogens (primary N) is 1. The molecule has 0 spiro atoms. The molecule has 1 rings (SSSR count). The molecule has 1 aromatic rings. The van der Waals surface area contributed by atoms with Gasteiger partial charge in [0.25, 0.3) is 0 Å². The Morgan fingerprint density at radius 1 is 1.47 bits per heavy atom. The first-order chi connectivity index (χ1) is 6.92. The molecule has 0 bridgehead atoms. The fourth-order valence-electron chi connectivity index (χ4n) is 1.05. The maximum absolute atomic E-state index is 12.0. The van der Waals surface area contributed by atoms with Crippen LogP contribution in [0.25, 0.3) is 0 Å². The van der Waals surface area contributed by atoms with Crippen molar-refractivity contribution >= 4 is 27.3 Å². The third-order valence-electron chi connectivity index (χ3n) is 1.72. The molecule has 86 valence electrons. The van der Waals surface area contributed by atoms with E-state index in [4.69, 9.17) is 5.73 Å². The van der Waals surface area contributed by atoms with Crippen LogP contribution in [0.15, 0.2) is 15.9 Å². The Bertz CT molecular complexity index is 313. The number of halogens is 4. The zero-order valence-electron chi connectivity index (χ0n) is 7.64. The largest absolute Gasteiger partial charge is 0.401 e. The molecule has 0 aliphatic carbocycles. The van der Waals surface area contributed by atoms with Crippen LogP contribution in [0.3, 0.4) is 0 Å². The Morgan fingerprint density at radius 3 is 2.53 bits per heavy atom. The summed E-state index contributed by atoms with van der Waals surface area (Å²) in [5.74, 6) is 0. The van der Waals surface area contributed by atoms with Gasteiger partial charge in [-0.2, -0.15) is 13.2 Å². The molecule has 1 heterocycles. The zero-order chi connectivity index (χ0) is 11.5. The highest BCUT2D eigenvalue weighted by atomic mass is 79.9. The van der Waals surface area contributed by atoms with E-state index in [0.717, 1.165) is 8.66 Å². The summed E-state index contributed by atoms with van der Waals surface area (Å²) >= 11 is 4.63. The predicted octanol–water partition coefficient (Wildman–Crippen LogP) is 2.66. The molecule has 15 heavy (non-hydrogen) atoms. The molecule has 2 nitrogen and oxygen atoms in total. The van der Waals surface area contributed by atoms with Crippen molar-refractivity contribution in [2.75, 3.05) is 13.1 Å². The first kappa shape index (κ1) is 13.0. The molecule has 0 aromatic carbocycles. The number of rotatable bonds is 4. The van der Waals surface area contributed by atoms with Gasteiger partial charge < -0.3 is 5.73 Å². The van der Waals surface area contributed by atoms with Crippen molar-refractivity contribution in [1.82, 2.24) is 5.32 Å². The number of alkyl halides is 3. The lowest BCUT2D eigenvalue weighted by atomic mass is 10.2. The van der Waals surface area contributed by atoms with Crippen LogP contribution in [0.5, 0.6) is 0 Å². The summed E-state index contributed by atoms with van der Waals surface area (Å²) in [5, 5.41) is 2.38. The van der Waals surface area contributed by atoms with Gasteiger partial charge in [0.15, 0.2) is 0 Å². The maximum Gasteiger partial charge on any atom is 0.401 e. The van der Waals surface area contributed by atoms with E-state index in [2.05, 4.69) is 21.2 Å². The smallest absolute Gasteiger partial charge is 0.329 e. The van der Waals surface area contributed by atoms with Gasteiger partial charge in [-0.05, 0) is 28.1 Å². The lowest BCUT2D eigenvalue weighted by Gasteiger charge is -2.16. The Balaban J connectivity index is 2.57. The van der Waals surface area contributed by atoms with Crippen LogP contribution in [0.1, 0.15) is 10.9 Å². The van der Waals surface area contributed by atoms with Gasteiger partial charge in [-0.25, -0.2) is 0 Å². The average molecular weight is 303 g/mol. The van der Waals surface area contributed by atoms with E-state index in [1.807, 2.05) is 0 Å². The minimum atomic E-state index is -4.21. The van der Waals surface area contributed by atoms with Crippen molar-refractivity contribution in [3.05, 3.63) is 20.8 Å². The predicted molar refractivity (Wildman–Crippen MR) is 57.9 cm³/mol. The Labute approximate surface area is 97.8 Å². The number of nitrogens with one attached hydrogen (secondary N) is 1. The summed E-state index contributed by atoms with van der Waals surface area (Å²) in [4.78, 5) is 0.800. The number of hydrogen-bond acceptors (Lipinski definition) is 3. The lowest BCUT2D eigenvalue weighted by Crippen LogP contribution is -2.35. The molecule has 3 N–H and O–H groups in total. The van der Waals surface area contributed by atoms with Gasteiger partial charge in [0, 0.05) is 11.4 Å². The molecular weight excluding hydrogens is 293 g/mol. The van der Waals surface area contributed by atoms with Crippen LogP contribution in [-0.4, -0.2) is 19.3 Å². The van der Waals surface area contributed by atoms with Gasteiger partial charge in [-0.15, -0.1) is 11.3 Å². The van der Waals surface area contributed by atoms with E-state index in [0.29, 0.717) is 0 Å². The minimum Gasteiger partial charge on any atom is -0.329 e. The van der Waals surface area contributed by atoms with E-state index in [-0.39, 0.29) is 6.54 Å². The molecule has 0 saturated heterocycles. The summed E-state index contributed by atoms with van der Waals surface area (Å²) in [6.07, 6.45) is -4.21. The topological polar surface area (TPSA) is 38.0 Å². The standard InChI is InChI=1S/C8H10BrF3N2S/c9-7-2-1-6(15-7)5(3-13)14-4-8(10,11)12/h1-2,5,14H,3-4,13H2. The first-order valence-corrected chi connectivity index (χ1v) is 5.79. The third-order valence-corrected chi connectivity index (χ3v) is 3.46. The summed E-state index contributed by atoms with van der Waals surface area (Å²) in [6.45, 7) is -0.882. The van der Waals surface area contributed by atoms with E-state index < -0.39 is 18.8 Å². The molecule has 0 fully saturated rings. The number of thiophene rings is 1. The highest BCUT2D eigenvalue weighted by Gasteiger charge is 2.28. The normalized spacial score (nSPS) is 14.2. The molecule has 0 amide bonds. The SMILES string of the molecule is NCC(NCC(F)(F)F)c1ccc(Br)s1. The quantitative estimate of drug-likeness (QED) is 0.897. The highest BCUT2D eigenvalue weighted by molar-refractivity contribution is 9.11. The first-order valence-electron chi connectivity index (χ1n) is 4.18. The average Bonchev–Trinajstić information content (AvgIpc) is 2.51. The molecule has 1 unspecified atom stereocenters. The van der Waals surface area contributed by atoms with Gasteiger partial charge in [-0.1, -0.05) is 0 Å². The molecule has 1 aromatic heterocycles. The minimum absolute atomic E-state index is 0.142. The van der Waals surface area contributed by atoms with Crippen molar-refractivity contribution in [3.63, 3.8) is 0 Å². The van der Waals surface area contributed by atoms with Crippen LogP contribution in [0.4, 0.5) is 13.2 Å². The molecule has 0 aliphatic rings. The van der Waals surface area contributed by atoms with Crippen molar-refractivity contribution < 1.29 is 13.2 Å². The molecule has 0 radical (unpaired) electrons. The maximum atomic E-state index is 12.0. The van der Waals surface area contributed by atoms with Gasteiger partial charge in [0.2, 0.25) is 0 Å². The van der Waals surface area contributed by atoms with Crippen molar-refractivity contribution in [1.29, 1.82) is 0 Å². The van der Waals surface area contributed by atoms with E-state index in [1.165, 1.54) is 11.3 Å². The fraction of sp³-hybridized carbons (Fsp3) is 0.500. The van der Waals surface area contributed by atoms with Gasteiger partial charge in [0.1, 0.15) is 0 Å². The van der Waals surface area contributed by atoms with Crippen LogP contribution in [-0.2, 0) is 0 Å². The fourth-order valence-corrected chi connectivity index (χ4v) is 2.57. The van der Waals surface area contributed by atoms with Crippen LogP contribution < -0.4 is 11.1 Å². The zero-order valence-corrected chi connectivity index (χ0v) is 10.0. The monoisotopic (exact) mass is 302 g/mol. The second-order valence-corrected chi connectivity index (χ2v) is 5.42. The summed E-state index contributed by atoms with van der Waals surface area (Å²) in [6, 6.07) is 3.11. The second kappa shape index (κ2) is 5.29. The van der Waals surface area contributed by atoms with E-state index >= 15 is 0 Å². The Hall–Kier alpha value is -0.110. The second-order valence-electron chi connectivity index (χ2n) is 2.93. The van der Waals surface area contributed by atoms with Crippen LogP contribution in [0, 0.1) is 0 Å². The van der Waals surface area contributed by atoms with Crippen molar-refractivity contribution in [2.24, 2.45) is 5.73 Å². The summed E-state index contributed by atoms with van der Waals surface area (Å²) < 4.78 is 36.8. The summed E-state index contributed by atoms with van der Waals surface area (Å²) in [7, 11) is 0. The molecule has 0 saturated carbocycles. The Morgan fingerprint density at radius 2 is 2.13 bits per heavy atom. The summed E-state index contributed by atoms with van der Waals surface area (Å²) in [5.41, 5.74) is 5.40. The Kier molecular flexibility index (Phi) is 4.57. The van der Waals surface area contributed by atoms with Crippen molar-refractivity contribution in [2.45, 2.75) is 12.2 Å². The molecule has 7 heteroatoms. The molecular formula is C8H10BrF3N2S. The van der Waals surface area contributed by atoms with Gasteiger partial charge >= 0.3 is 6.18 Å². The highest BCUT2D eigenvalue weighted by Crippen LogP contribution is 2.27. The van der Waals surface area contributed by atoms with E-state index in [1.54, 1.807) is 12.1 Å². The third kappa shape index (κ3) is 4.50. The van der Waals surface area contributed by atoms with Gasteiger partial charge in [-0.3, -0.25) is 5.32 Å². The lowest BCUT2D eigenvalue weighted by molar-refractivity contribution is -0.126. The van der Waals surface area contributed by atoms with Gasteiger partial charge in [0.05, 0.1) is 16.4 Å². The molecule has 0 aliphatic heterocycles. The van der Waals surface area contributed by atoms with E-state index in [9.17, 15) is 13.2 Å².